The first kappa shape index (κ1) is 28.7. The molecular weight excluding hydrogens is 486 g/mol. The summed E-state index contributed by atoms with van der Waals surface area (Å²) in [4.78, 5) is 28.2. The van der Waals surface area contributed by atoms with Crippen LogP contribution in [0.25, 0.3) is 0 Å². The van der Waals surface area contributed by atoms with Crippen LogP contribution in [-0.2, 0) is 26.2 Å². The Hall–Kier alpha value is -2.58. The predicted molar refractivity (Wildman–Crippen MR) is 142 cm³/mol. The van der Waals surface area contributed by atoms with E-state index in [9.17, 15) is 18.0 Å². The van der Waals surface area contributed by atoms with Crippen molar-refractivity contribution in [1.82, 2.24) is 10.2 Å². The number of carbonyl (C=O) groups is 2. The van der Waals surface area contributed by atoms with E-state index < -0.39 is 28.5 Å². The summed E-state index contributed by atoms with van der Waals surface area (Å²) in [6, 6.07) is 11.7. The van der Waals surface area contributed by atoms with Crippen molar-refractivity contribution in [2.24, 2.45) is 5.92 Å². The number of hydrogen-bond donors (Lipinski definition) is 1. The van der Waals surface area contributed by atoms with Gasteiger partial charge in [0.05, 0.1) is 11.9 Å². The molecule has 0 radical (unpaired) electrons. The molecule has 2 rings (SSSR count). The average Bonchev–Trinajstić information content (AvgIpc) is 2.75. The molecule has 9 heteroatoms. The first-order valence-corrected chi connectivity index (χ1v) is 13.9. The topological polar surface area (TPSA) is 86.8 Å². The summed E-state index contributed by atoms with van der Waals surface area (Å²) in [6.45, 7) is 9.78. The highest BCUT2D eigenvalue weighted by Gasteiger charge is 2.31. The highest BCUT2D eigenvalue weighted by atomic mass is 35.5. The molecule has 0 aromatic heterocycles. The number of sulfonamides is 1. The molecule has 1 atom stereocenters. The van der Waals surface area contributed by atoms with Gasteiger partial charge in [0.2, 0.25) is 21.8 Å². The van der Waals surface area contributed by atoms with Gasteiger partial charge in [0, 0.05) is 18.1 Å². The molecule has 1 N–H and O–H groups in total. The Balaban J connectivity index is 2.44. The minimum absolute atomic E-state index is 0.147. The van der Waals surface area contributed by atoms with Gasteiger partial charge in [0.15, 0.2) is 0 Å². The molecule has 7 nitrogen and oxygen atoms in total. The molecule has 0 aliphatic heterocycles. The molecule has 2 aromatic rings. The summed E-state index contributed by atoms with van der Waals surface area (Å²) in [7, 11) is -3.76. The molecule has 0 unspecified atom stereocenters. The highest BCUT2D eigenvalue weighted by molar-refractivity contribution is 7.92. The van der Waals surface area contributed by atoms with E-state index in [4.69, 9.17) is 11.6 Å². The molecule has 0 spiro atoms. The molecule has 0 bridgehead atoms. The zero-order chi connectivity index (χ0) is 26.3. The summed E-state index contributed by atoms with van der Waals surface area (Å²) in [5, 5.41) is 3.47. The number of nitrogens with zero attached hydrogens (tertiary/aromatic N) is 2. The van der Waals surface area contributed by atoms with Gasteiger partial charge in [0.1, 0.15) is 12.6 Å². The number of aryl methyl sites for hydroxylation is 2. The van der Waals surface area contributed by atoms with Gasteiger partial charge in [-0.05, 0) is 67.1 Å². The van der Waals surface area contributed by atoms with E-state index in [1.165, 1.54) is 4.90 Å². The minimum atomic E-state index is -3.76. The SMILES string of the molecule is CC[C@@H](C(=O)NCC(C)C)N(Cc1ccc(Cl)cc1)C(=O)CN(c1cc(C)cc(C)c1)S(C)(=O)=O. The number of benzene rings is 2. The molecule has 0 aliphatic carbocycles. The van der Waals surface area contributed by atoms with Crippen LogP contribution in [0.15, 0.2) is 42.5 Å². The summed E-state index contributed by atoms with van der Waals surface area (Å²) in [6.07, 6.45) is 1.46. The van der Waals surface area contributed by atoms with Crippen LogP contribution >= 0.6 is 11.6 Å². The molecule has 192 valence electrons. The van der Waals surface area contributed by atoms with Crippen molar-refractivity contribution in [3.05, 3.63) is 64.2 Å². The molecule has 0 fully saturated rings. The lowest BCUT2D eigenvalue weighted by Gasteiger charge is -2.33. The number of anilines is 1. The fourth-order valence-electron chi connectivity index (χ4n) is 3.84. The van der Waals surface area contributed by atoms with Crippen LogP contribution in [-0.4, -0.2) is 50.5 Å². The lowest BCUT2D eigenvalue weighted by Crippen LogP contribution is -2.52. The van der Waals surface area contributed by atoms with Crippen molar-refractivity contribution in [3.8, 4) is 0 Å². The van der Waals surface area contributed by atoms with E-state index in [1.54, 1.807) is 36.4 Å². The third-order valence-electron chi connectivity index (χ3n) is 5.51. The Morgan fingerprint density at radius 2 is 1.60 bits per heavy atom. The average molecular weight is 522 g/mol. The van der Waals surface area contributed by atoms with Gasteiger partial charge >= 0.3 is 0 Å². The largest absolute Gasteiger partial charge is 0.354 e. The van der Waals surface area contributed by atoms with Crippen molar-refractivity contribution in [1.29, 1.82) is 0 Å². The number of hydrogen-bond acceptors (Lipinski definition) is 4. The first-order valence-electron chi connectivity index (χ1n) is 11.7. The monoisotopic (exact) mass is 521 g/mol. The van der Waals surface area contributed by atoms with Crippen molar-refractivity contribution < 1.29 is 18.0 Å². The molecule has 0 saturated carbocycles. The Morgan fingerprint density at radius 3 is 2.09 bits per heavy atom. The Labute approximate surface area is 214 Å². The zero-order valence-corrected chi connectivity index (χ0v) is 22.9. The maximum atomic E-state index is 13.7. The van der Waals surface area contributed by atoms with E-state index >= 15 is 0 Å². The van der Waals surface area contributed by atoms with Crippen molar-refractivity contribution in [2.45, 2.75) is 53.6 Å². The standard InChI is InChI=1S/C26H36ClN3O4S/c1-7-24(26(32)28-15-18(2)3)29(16-21-8-10-22(27)11-9-21)25(31)17-30(35(6,33)34)23-13-19(4)12-20(5)14-23/h8-14,18,24H,7,15-17H2,1-6H3,(H,28,32)/t24-/m0/s1. The van der Waals surface area contributed by atoms with E-state index in [1.807, 2.05) is 40.7 Å². The van der Waals surface area contributed by atoms with Gasteiger partial charge in [-0.1, -0.05) is 50.6 Å². The Bertz CT molecular complexity index is 1110. The van der Waals surface area contributed by atoms with E-state index in [-0.39, 0.29) is 18.4 Å². The van der Waals surface area contributed by atoms with E-state index in [0.717, 1.165) is 27.3 Å². The summed E-state index contributed by atoms with van der Waals surface area (Å²) >= 11 is 6.02. The third kappa shape index (κ3) is 8.54. The number of rotatable bonds is 11. The highest BCUT2D eigenvalue weighted by Crippen LogP contribution is 2.23. The second-order valence-electron chi connectivity index (χ2n) is 9.33. The van der Waals surface area contributed by atoms with Gasteiger partial charge in [0.25, 0.3) is 0 Å². The smallest absolute Gasteiger partial charge is 0.244 e. The molecule has 0 saturated heterocycles. The Kier molecular flexibility index (Phi) is 10.2. The predicted octanol–water partition coefficient (Wildman–Crippen LogP) is 4.30. The van der Waals surface area contributed by atoms with Crippen molar-refractivity contribution in [3.63, 3.8) is 0 Å². The van der Waals surface area contributed by atoms with Crippen LogP contribution in [0.3, 0.4) is 0 Å². The zero-order valence-electron chi connectivity index (χ0n) is 21.3. The summed E-state index contributed by atoms with van der Waals surface area (Å²) in [5.74, 6) is -0.473. The van der Waals surface area contributed by atoms with Gasteiger partial charge < -0.3 is 10.2 Å². The number of nitrogens with one attached hydrogen (secondary N) is 1. The summed E-state index contributed by atoms with van der Waals surface area (Å²) < 4.78 is 26.5. The Morgan fingerprint density at radius 1 is 1.03 bits per heavy atom. The fraction of sp³-hybridized carbons (Fsp3) is 0.462. The molecule has 2 amide bonds. The number of halogens is 1. The molecular formula is C26H36ClN3O4S. The third-order valence-corrected chi connectivity index (χ3v) is 6.90. The first-order chi connectivity index (χ1) is 16.3. The van der Waals surface area contributed by atoms with Crippen LogP contribution in [0.1, 0.15) is 43.9 Å². The number of amides is 2. The molecule has 0 aliphatic rings. The van der Waals surface area contributed by atoms with Crippen LogP contribution in [0.5, 0.6) is 0 Å². The maximum absolute atomic E-state index is 13.7. The second kappa shape index (κ2) is 12.4. The van der Waals surface area contributed by atoms with Crippen molar-refractivity contribution in [2.75, 3.05) is 23.7 Å². The van der Waals surface area contributed by atoms with E-state index in [0.29, 0.717) is 23.7 Å². The second-order valence-corrected chi connectivity index (χ2v) is 11.7. The normalized spacial score (nSPS) is 12.3. The molecule has 35 heavy (non-hydrogen) atoms. The van der Waals surface area contributed by atoms with Crippen molar-refractivity contribution >= 4 is 39.1 Å². The lowest BCUT2D eigenvalue weighted by molar-refractivity contribution is -0.140. The lowest BCUT2D eigenvalue weighted by atomic mass is 10.1. The molecule has 2 aromatic carbocycles. The van der Waals surface area contributed by atoms with Crippen LogP contribution in [0.2, 0.25) is 5.02 Å². The van der Waals surface area contributed by atoms with Crippen LogP contribution in [0, 0.1) is 19.8 Å². The maximum Gasteiger partial charge on any atom is 0.244 e. The van der Waals surface area contributed by atoms with Gasteiger partial charge in [-0.3, -0.25) is 13.9 Å². The van der Waals surface area contributed by atoms with Crippen LogP contribution < -0.4 is 9.62 Å². The van der Waals surface area contributed by atoms with Gasteiger partial charge in [-0.25, -0.2) is 8.42 Å². The van der Waals surface area contributed by atoms with Gasteiger partial charge in [-0.15, -0.1) is 0 Å². The molecule has 0 heterocycles. The minimum Gasteiger partial charge on any atom is -0.354 e. The quantitative estimate of drug-likeness (QED) is 0.477. The van der Waals surface area contributed by atoms with Gasteiger partial charge in [-0.2, -0.15) is 0 Å². The van der Waals surface area contributed by atoms with Crippen LogP contribution in [0.4, 0.5) is 5.69 Å². The van der Waals surface area contributed by atoms with E-state index in [2.05, 4.69) is 5.32 Å². The summed E-state index contributed by atoms with van der Waals surface area (Å²) in [5.41, 5.74) is 2.98. The fourth-order valence-corrected chi connectivity index (χ4v) is 4.80. The number of carbonyl (C=O) groups excluding carboxylic acids is 2.